The van der Waals surface area contributed by atoms with Crippen LogP contribution >= 0.6 is 28.3 Å². The van der Waals surface area contributed by atoms with Crippen molar-refractivity contribution in [2.45, 2.75) is 32.7 Å². The van der Waals surface area contributed by atoms with Gasteiger partial charge in [0, 0.05) is 17.1 Å². The minimum atomic E-state index is 0. The molecule has 0 heterocycles. The Morgan fingerprint density at radius 3 is 2.63 bits per heavy atom. The topological polar surface area (TPSA) is 55.1 Å². The van der Waals surface area contributed by atoms with E-state index >= 15 is 0 Å². The zero-order valence-corrected chi connectivity index (χ0v) is 13.8. The fraction of sp³-hybridized carbons (Fsp3) is 0.500. The van der Waals surface area contributed by atoms with Gasteiger partial charge in [0.1, 0.15) is 0 Å². The quantitative estimate of drug-likeness (QED) is 0.829. The zero-order chi connectivity index (χ0) is 13.5. The maximum atomic E-state index is 11.9. The first-order chi connectivity index (χ1) is 8.51. The summed E-state index contributed by atoms with van der Waals surface area (Å²) in [5, 5.41) is 2.99. The first-order valence-corrected chi connectivity index (χ1v) is 7.04. The van der Waals surface area contributed by atoms with Gasteiger partial charge in [-0.3, -0.25) is 4.79 Å². The van der Waals surface area contributed by atoms with E-state index in [0.29, 0.717) is 18.9 Å². The molecule has 5 heteroatoms. The number of nitrogens with two attached hydrogens (primary N) is 1. The van der Waals surface area contributed by atoms with Gasteiger partial charge in [-0.05, 0) is 30.0 Å². The Morgan fingerprint density at radius 1 is 1.42 bits per heavy atom. The van der Waals surface area contributed by atoms with E-state index in [0.717, 1.165) is 16.5 Å². The highest BCUT2D eigenvalue weighted by atomic mass is 79.9. The third-order valence-electron chi connectivity index (χ3n) is 2.66. The van der Waals surface area contributed by atoms with Crippen LogP contribution < -0.4 is 11.1 Å². The van der Waals surface area contributed by atoms with E-state index in [1.54, 1.807) is 0 Å². The Morgan fingerprint density at radius 2 is 2.11 bits per heavy atom. The maximum absolute atomic E-state index is 11.9. The van der Waals surface area contributed by atoms with E-state index in [2.05, 4.69) is 35.1 Å². The van der Waals surface area contributed by atoms with Gasteiger partial charge in [0.15, 0.2) is 0 Å². The highest BCUT2D eigenvalue weighted by molar-refractivity contribution is 9.10. The zero-order valence-electron chi connectivity index (χ0n) is 11.4. The van der Waals surface area contributed by atoms with Gasteiger partial charge in [-0.1, -0.05) is 41.9 Å². The molecule has 0 aromatic heterocycles. The molecule has 0 aliphatic carbocycles. The Labute approximate surface area is 129 Å². The van der Waals surface area contributed by atoms with Crippen LogP contribution in [-0.4, -0.2) is 18.5 Å². The summed E-state index contributed by atoms with van der Waals surface area (Å²) in [5.41, 5.74) is 6.67. The van der Waals surface area contributed by atoms with Crippen molar-refractivity contribution in [1.82, 2.24) is 5.32 Å². The lowest BCUT2D eigenvalue weighted by Gasteiger charge is -2.18. The van der Waals surface area contributed by atoms with Gasteiger partial charge in [-0.15, -0.1) is 12.4 Å². The number of carbonyl (C=O) groups is 1. The third-order valence-corrected chi connectivity index (χ3v) is 3.15. The summed E-state index contributed by atoms with van der Waals surface area (Å²) in [4.78, 5) is 11.9. The summed E-state index contributed by atoms with van der Waals surface area (Å²) < 4.78 is 0.991. The molecule has 1 unspecified atom stereocenters. The molecule has 1 aromatic carbocycles. The first-order valence-electron chi connectivity index (χ1n) is 6.25. The smallest absolute Gasteiger partial charge is 0.224 e. The average molecular weight is 350 g/mol. The molecule has 3 nitrogen and oxygen atoms in total. The van der Waals surface area contributed by atoms with E-state index in [1.165, 1.54) is 0 Å². The normalized spacial score (nSPS) is 11.8. The number of carbonyl (C=O) groups excluding carboxylic acids is 1. The number of hydrogen-bond acceptors (Lipinski definition) is 2. The van der Waals surface area contributed by atoms with E-state index in [-0.39, 0.29) is 24.4 Å². The first kappa shape index (κ1) is 18.4. The molecule has 0 spiro atoms. The van der Waals surface area contributed by atoms with E-state index in [1.807, 2.05) is 24.3 Å². The van der Waals surface area contributed by atoms with Gasteiger partial charge in [-0.2, -0.15) is 0 Å². The molecule has 1 rings (SSSR count). The van der Waals surface area contributed by atoms with E-state index in [4.69, 9.17) is 5.73 Å². The summed E-state index contributed by atoms with van der Waals surface area (Å²) >= 11 is 3.40. The molecule has 0 aliphatic rings. The summed E-state index contributed by atoms with van der Waals surface area (Å²) in [6.45, 7) is 4.74. The summed E-state index contributed by atoms with van der Waals surface area (Å²) in [6, 6.07) is 7.86. The molecule has 19 heavy (non-hydrogen) atoms. The van der Waals surface area contributed by atoms with Gasteiger partial charge in [0.2, 0.25) is 5.91 Å². The average Bonchev–Trinajstić information content (AvgIpc) is 2.27. The lowest BCUT2D eigenvalue weighted by atomic mass is 10.0. The molecule has 0 saturated heterocycles. The van der Waals surface area contributed by atoms with Crippen LogP contribution in [0.2, 0.25) is 0 Å². The molecule has 0 radical (unpaired) electrons. The van der Waals surface area contributed by atoms with Crippen LogP contribution in [-0.2, 0) is 11.2 Å². The van der Waals surface area contributed by atoms with Crippen LogP contribution in [0, 0.1) is 5.92 Å². The second-order valence-electron chi connectivity index (χ2n) is 4.94. The van der Waals surface area contributed by atoms with Crippen LogP contribution in [0.15, 0.2) is 28.7 Å². The van der Waals surface area contributed by atoms with Crippen molar-refractivity contribution in [2.75, 3.05) is 6.54 Å². The molecule has 3 N–H and O–H groups in total. The van der Waals surface area contributed by atoms with Crippen LogP contribution in [0.1, 0.15) is 25.8 Å². The van der Waals surface area contributed by atoms with Crippen LogP contribution in [0.3, 0.4) is 0 Å². The largest absolute Gasteiger partial charge is 0.352 e. The molecule has 108 valence electrons. The van der Waals surface area contributed by atoms with Crippen LogP contribution in [0.4, 0.5) is 0 Å². The molecular formula is C14H22BrClN2O. The lowest BCUT2D eigenvalue weighted by molar-refractivity contribution is -0.121. The molecule has 0 bridgehead atoms. The van der Waals surface area contributed by atoms with Gasteiger partial charge in [0.05, 0.1) is 6.42 Å². The molecule has 0 aliphatic heterocycles. The van der Waals surface area contributed by atoms with E-state index in [9.17, 15) is 4.79 Å². The minimum absolute atomic E-state index is 0. The van der Waals surface area contributed by atoms with Gasteiger partial charge in [-0.25, -0.2) is 0 Å². The fourth-order valence-electron chi connectivity index (χ4n) is 1.89. The Hall–Kier alpha value is -0.580. The van der Waals surface area contributed by atoms with Crippen molar-refractivity contribution in [1.29, 1.82) is 0 Å². The second kappa shape index (κ2) is 9.34. The highest BCUT2D eigenvalue weighted by Gasteiger charge is 2.12. The third kappa shape index (κ3) is 7.55. The second-order valence-corrected chi connectivity index (χ2v) is 5.85. The van der Waals surface area contributed by atoms with Crippen molar-refractivity contribution in [2.24, 2.45) is 11.7 Å². The van der Waals surface area contributed by atoms with Crippen molar-refractivity contribution in [3.8, 4) is 0 Å². The maximum Gasteiger partial charge on any atom is 0.224 e. The fourth-order valence-corrected chi connectivity index (χ4v) is 2.34. The standard InChI is InChI=1S/C14H21BrN2O.ClH/c1-10(2)6-13(9-16)17-14(18)8-11-4-3-5-12(15)7-11;/h3-5,7,10,13H,6,8-9,16H2,1-2H3,(H,17,18);1H. The van der Waals surface area contributed by atoms with Gasteiger partial charge >= 0.3 is 0 Å². The number of nitrogens with one attached hydrogen (secondary N) is 1. The highest BCUT2D eigenvalue weighted by Crippen LogP contribution is 2.12. The number of hydrogen-bond donors (Lipinski definition) is 2. The van der Waals surface area contributed by atoms with Crippen molar-refractivity contribution < 1.29 is 4.79 Å². The van der Waals surface area contributed by atoms with Gasteiger partial charge in [0.25, 0.3) is 0 Å². The molecule has 1 aromatic rings. The molecular weight excluding hydrogens is 328 g/mol. The van der Waals surface area contributed by atoms with Gasteiger partial charge < -0.3 is 11.1 Å². The summed E-state index contributed by atoms with van der Waals surface area (Å²) in [5.74, 6) is 0.564. The number of amides is 1. The lowest BCUT2D eigenvalue weighted by Crippen LogP contribution is -2.41. The molecule has 0 saturated carbocycles. The molecule has 1 amide bonds. The Bertz CT molecular complexity index is 399. The SMILES string of the molecule is CC(C)CC(CN)NC(=O)Cc1cccc(Br)c1.Cl. The van der Waals surface area contributed by atoms with Crippen molar-refractivity contribution >= 4 is 34.2 Å². The predicted octanol–water partition coefficient (Wildman–Crippen LogP) is 2.90. The van der Waals surface area contributed by atoms with Crippen molar-refractivity contribution in [3.05, 3.63) is 34.3 Å². The monoisotopic (exact) mass is 348 g/mol. The molecule has 0 fully saturated rings. The minimum Gasteiger partial charge on any atom is -0.352 e. The summed E-state index contributed by atoms with van der Waals surface area (Å²) in [7, 11) is 0. The predicted molar refractivity (Wildman–Crippen MR) is 85.5 cm³/mol. The summed E-state index contributed by atoms with van der Waals surface area (Å²) in [6.07, 6.45) is 1.31. The number of halogens is 2. The Balaban J connectivity index is 0.00000324. The number of rotatable bonds is 6. The Kier molecular flexibility index (Phi) is 9.06. The van der Waals surface area contributed by atoms with Crippen LogP contribution in [0.5, 0.6) is 0 Å². The van der Waals surface area contributed by atoms with E-state index < -0.39 is 0 Å². The number of benzene rings is 1. The molecule has 1 atom stereocenters. The van der Waals surface area contributed by atoms with Crippen LogP contribution in [0.25, 0.3) is 0 Å². The van der Waals surface area contributed by atoms with Crippen molar-refractivity contribution in [3.63, 3.8) is 0 Å².